The maximum Gasteiger partial charge on any atom is 0.192 e. The number of benzene rings is 2. The summed E-state index contributed by atoms with van der Waals surface area (Å²) >= 11 is 0. The van der Waals surface area contributed by atoms with Crippen molar-refractivity contribution in [2.75, 3.05) is 13.7 Å². The molecule has 0 aliphatic carbocycles. The van der Waals surface area contributed by atoms with E-state index in [4.69, 9.17) is 13.9 Å². The molecule has 1 atom stereocenters. The topological polar surface area (TPSA) is 27.7 Å². The summed E-state index contributed by atoms with van der Waals surface area (Å²) in [6.07, 6.45) is 1.87. The van der Waals surface area contributed by atoms with E-state index >= 15 is 4.39 Å². The molecule has 5 heteroatoms. The van der Waals surface area contributed by atoms with E-state index in [1.54, 1.807) is 19.2 Å². The van der Waals surface area contributed by atoms with Gasteiger partial charge in [-0.1, -0.05) is 73.1 Å². The predicted octanol–water partition coefficient (Wildman–Crippen LogP) is 8.93. The highest BCUT2D eigenvalue weighted by Crippen LogP contribution is 2.43. The van der Waals surface area contributed by atoms with Gasteiger partial charge in [0.1, 0.15) is 11.6 Å². The lowest BCUT2D eigenvalue weighted by Crippen LogP contribution is -2.40. The van der Waals surface area contributed by atoms with Crippen LogP contribution in [0, 0.1) is 11.2 Å². The summed E-state index contributed by atoms with van der Waals surface area (Å²) in [6, 6.07) is 11.1. The average Bonchev–Trinajstić information content (AvgIpc) is 2.74. The molecule has 0 aromatic heterocycles. The molecular formula is C29H45FO3Si. The Morgan fingerprint density at radius 3 is 2.18 bits per heavy atom. The first kappa shape index (κ1) is 28.5. The maximum absolute atomic E-state index is 15.1. The smallest absolute Gasteiger partial charge is 0.192 e. The molecule has 0 saturated heterocycles. The van der Waals surface area contributed by atoms with Crippen LogP contribution in [0.2, 0.25) is 18.1 Å². The van der Waals surface area contributed by atoms with E-state index in [9.17, 15) is 0 Å². The Bertz CT molecular complexity index is 941. The fourth-order valence-corrected chi connectivity index (χ4v) is 4.59. The van der Waals surface area contributed by atoms with E-state index in [1.807, 2.05) is 6.07 Å². The highest BCUT2D eigenvalue weighted by atomic mass is 28.4. The van der Waals surface area contributed by atoms with E-state index in [1.165, 1.54) is 6.07 Å². The zero-order chi connectivity index (χ0) is 25.7. The van der Waals surface area contributed by atoms with Crippen LogP contribution < -0.4 is 4.74 Å². The SMILES string of the molecule is CCCCO[C@H](c1cc(CO[Si](C)(C)C(C)(C)C)ccc1-c1cc(OC)ccc1F)C(C)(C)C. The lowest BCUT2D eigenvalue weighted by atomic mass is 9.81. The first-order valence-corrected chi connectivity index (χ1v) is 15.3. The van der Waals surface area contributed by atoms with Gasteiger partial charge in [-0.05, 0) is 64.9 Å². The van der Waals surface area contributed by atoms with E-state index < -0.39 is 8.32 Å². The molecule has 2 rings (SSSR count). The van der Waals surface area contributed by atoms with Crippen molar-refractivity contribution in [1.82, 2.24) is 0 Å². The highest BCUT2D eigenvalue weighted by Gasteiger charge is 2.37. The summed E-state index contributed by atoms with van der Waals surface area (Å²) in [7, 11) is -0.299. The molecule has 0 heterocycles. The largest absolute Gasteiger partial charge is 0.497 e. The fraction of sp³-hybridized carbons (Fsp3) is 0.586. The lowest BCUT2D eigenvalue weighted by molar-refractivity contribution is -0.0207. The van der Waals surface area contributed by atoms with Crippen molar-refractivity contribution in [3.05, 3.63) is 53.3 Å². The number of rotatable bonds is 10. The van der Waals surface area contributed by atoms with Gasteiger partial charge >= 0.3 is 0 Å². The second-order valence-electron chi connectivity index (χ2n) is 11.8. The summed E-state index contributed by atoms with van der Waals surface area (Å²) in [5.74, 6) is 0.362. The lowest BCUT2D eigenvalue weighted by Gasteiger charge is -2.36. The molecule has 0 unspecified atom stereocenters. The van der Waals surface area contributed by atoms with Gasteiger partial charge in [0, 0.05) is 12.2 Å². The van der Waals surface area contributed by atoms with Crippen molar-refractivity contribution in [1.29, 1.82) is 0 Å². The number of hydrogen-bond acceptors (Lipinski definition) is 3. The van der Waals surface area contributed by atoms with Gasteiger partial charge in [0.15, 0.2) is 8.32 Å². The summed E-state index contributed by atoms with van der Waals surface area (Å²) in [5, 5.41) is 0.136. The Labute approximate surface area is 208 Å². The number of hydrogen-bond donors (Lipinski definition) is 0. The van der Waals surface area contributed by atoms with Crippen molar-refractivity contribution in [2.24, 2.45) is 5.41 Å². The van der Waals surface area contributed by atoms with E-state index in [0.29, 0.717) is 24.5 Å². The highest BCUT2D eigenvalue weighted by molar-refractivity contribution is 6.74. The van der Waals surface area contributed by atoms with Crippen LogP contribution in [0.25, 0.3) is 11.1 Å². The van der Waals surface area contributed by atoms with Crippen molar-refractivity contribution in [2.45, 2.75) is 92.2 Å². The Morgan fingerprint density at radius 2 is 1.62 bits per heavy atom. The van der Waals surface area contributed by atoms with Crippen LogP contribution >= 0.6 is 0 Å². The van der Waals surface area contributed by atoms with Crippen molar-refractivity contribution >= 4 is 8.32 Å². The second kappa shape index (κ2) is 11.4. The number of unbranched alkanes of at least 4 members (excludes halogenated alkanes) is 1. The van der Waals surface area contributed by atoms with Crippen molar-refractivity contribution in [3.8, 4) is 16.9 Å². The minimum absolute atomic E-state index is 0.136. The number of methoxy groups -OCH3 is 1. The third-order valence-corrected chi connectivity index (χ3v) is 11.3. The van der Waals surface area contributed by atoms with Gasteiger partial charge in [-0.2, -0.15) is 0 Å². The van der Waals surface area contributed by atoms with E-state index in [-0.39, 0.29) is 22.4 Å². The van der Waals surface area contributed by atoms with Gasteiger partial charge in [-0.25, -0.2) is 4.39 Å². The Hall–Kier alpha value is -1.69. The predicted molar refractivity (Wildman–Crippen MR) is 143 cm³/mol. The minimum atomic E-state index is -1.90. The van der Waals surface area contributed by atoms with Crippen LogP contribution in [0.5, 0.6) is 5.75 Å². The monoisotopic (exact) mass is 488 g/mol. The van der Waals surface area contributed by atoms with Crippen LogP contribution in [0.4, 0.5) is 4.39 Å². The number of ether oxygens (including phenoxy) is 2. The Kier molecular flexibility index (Phi) is 9.54. The average molecular weight is 489 g/mol. The molecule has 0 amide bonds. The summed E-state index contributed by atoms with van der Waals surface area (Å²) in [5.41, 5.74) is 3.27. The second-order valence-corrected chi connectivity index (χ2v) is 16.6. The first-order valence-electron chi connectivity index (χ1n) is 12.4. The van der Waals surface area contributed by atoms with E-state index in [2.05, 4.69) is 73.7 Å². The van der Waals surface area contributed by atoms with E-state index in [0.717, 1.165) is 29.5 Å². The van der Waals surface area contributed by atoms with Crippen molar-refractivity contribution in [3.63, 3.8) is 0 Å². The molecule has 0 bridgehead atoms. The van der Waals surface area contributed by atoms with Crippen LogP contribution in [0.3, 0.4) is 0 Å². The van der Waals surface area contributed by atoms with Crippen LogP contribution in [0.15, 0.2) is 36.4 Å². The molecule has 2 aromatic rings. The quantitative estimate of drug-likeness (QED) is 0.247. The first-order chi connectivity index (χ1) is 15.7. The molecule has 0 spiro atoms. The molecular weight excluding hydrogens is 443 g/mol. The van der Waals surface area contributed by atoms with Gasteiger partial charge in [0.05, 0.1) is 19.8 Å². The molecule has 0 aliphatic heterocycles. The van der Waals surface area contributed by atoms with Crippen LogP contribution in [0.1, 0.15) is 78.5 Å². The molecule has 2 aromatic carbocycles. The van der Waals surface area contributed by atoms with Gasteiger partial charge in [0.25, 0.3) is 0 Å². The third-order valence-electron chi connectivity index (χ3n) is 6.84. The molecule has 0 N–H and O–H groups in total. The molecule has 3 nitrogen and oxygen atoms in total. The van der Waals surface area contributed by atoms with Gasteiger partial charge in [-0.3, -0.25) is 0 Å². The number of halogens is 1. The Balaban J connectivity index is 2.59. The molecule has 190 valence electrons. The molecule has 34 heavy (non-hydrogen) atoms. The molecule has 0 aliphatic rings. The van der Waals surface area contributed by atoms with Crippen molar-refractivity contribution < 1.29 is 18.3 Å². The normalized spacial score (nSPS) is 13.7. The minimum Gasteiger partial charge on any atom is -0.497 e. The molecule has 0 saturated carbocycles. The zero-order valence-electron chi connectivity index (χ0n) is 23.0. The zero-order valence-corrected chi connectivity index (χ0v) is 24.0. The molecule has 0 radical (unpaired) electrons. The maximum atomic E-state index is 15.1. The molecule has 0 fully saturated rings. The van der Waals surface area contributed by atoms with Gasteiger partial charge < -0.3 is 13.9 Å². The van der Waals surface area contributed by atoms with Crippen LogP contribution in [-0.2, 0) is 15.8 Å². The third kappa shape index (κ3) is 7.16. The summed E-state index contributed by atoms with van der Waals surface area (Å²) in [4.78, 5) is 0. The fourth-order valence-electron chi connectivity index (χ4n) is 3.63. The Morgan fingerprint density at radius 1 is 0.941 bits per heavy atom. The standard InChI is InChI=1S/C29H45FO3Si/c1-11-12-17-32-27(28(2,3)4)25-18-21(20-33-34(9,10)29(5,6)7)13-15-23(25)24-19-22(31-8)14-16-26(24)30/h13-16,18-19,27H,11-12,17,20H2,1-10H3/t27-/m1/s1. The van der Waals surface area contributed by atoms with Crippen LogP contribution in [-0.4, -0.2) is 22.0 Å². The van der Waals surface area contributed by atoms with Gasteiger partial charge in [0.2, 0.25) is 0 Å². The summed E-state index contributed by atoms with van der Waals surface area (Å²) < 4.78 is 33.4. The van der Waals surface area contributed by atoms with Gasteiger partial charge in [-0.15, -0.1) is 0 Å². The summed E-state index contributed by atoms with van der Waals surface area (Å²) in [6.45, 7) is 21.2.